The summed E-state index contributed by atoms with van der Waals surface area (Å²) in [6.45, 7) is 4.01. The van der Waals surface area contributed by atoms with Gasteiger partial charge in [-0.2, -0.15) is 0 Å². The second-order valence-electron chi connectivity index (χ2n) is 4.13. The van der Waals surface area contributed by atoms with Crippen LogP contribution in [0.5, 0.6) is 0 Å². The molecule has 4 N–H and O–H groups in total. The first-order chi connectivity index (χ1) is 8.16. The number of carboxylic acid groups (broad SMARTS) is 1. The van der Waals surface area contributed by atoms with Gasteiger partial charge in [0.05, 0.1) is 5.00 Å². The van der Waals surface area contributed by atoms with Crippen molar-refractivity contribution in [3.8, 4) is 0 Å². The number of nitrogens with zero attached hydrogens (tertiary/aromatic N) is 1. The molecule has 1 unspecified atom stereocenters. The Kier molecular flexibility index (Phi) is 3.98. The molecule has 17 heavy (non-hydrogen) atoms. The molecule has 2 heterocycles. The fourth-order valence-electron chi connectivity index (χ4n) is 1.84. The van der Waals surface area contributed by atoms with Crippen molar-refractivity contribution in [1.29, 1.82) is 0 Å². The third-order valence-corrected chi connectivity index (χ3v) is 3.98. The topological polar surface area (TPSA) is 78.6 Å². The molecule has 1 aliphatic rings. The summed E-state index contributed by atoms with van der Waals surface area (Å²) >= 11 is 1.64. The molecule has 0 bridgehead atoms. The van der Waals surface area contributed by atoms with Gasteiger partial charge in [0.25, 0.3) is 0 Å². The van der Waals surface area contributed by atoms with Crippen LogP contribution in [0.4, 0.5) is 5.00 Å². The van der Waals surface area contributed by atoms with E-state index in [0.717, 1.165) is 31.1 Å². The SMILES string of the molecule is NC(Cc1ccc(N2CCNCC2)s1)C(=O)O. The van der Waals surface area contributed by atoms with Gasteiger partial charge >= 0.3 is 5.97 Å². The molecule has 1 aliphatic heterocycles. The first-order valence-corrected chi connectivity index (χ1v) is 6.51. The van der Waals surface area contributed by atoms with Crippen molar-refractivity contribution in [1.82, 2.24) is 5.32 Å². The largest absolute Gasteiger partial charge is 0.480 e. The third-order valence-electron chi connectivity index (χ3n) is 2.81. The molecule has 94 valence electrons. The fraction of sp³-hybridized carbons (Fsp3) is 0.545. The van der Waals surface area contributed by atoms with Crippen LogP contribution in [0.2, 0.25) is 0 Å². The summed E-state index contributed by atoms with van der Waals surface area (Å²) in [5.74, 6) is -0.942. The molecule has 0 saturated carbocycles. The number of hydrogen-bond acceptors (Lipinski definition) is 5. The average molecular weight is 255 g/mol. The number of carboxylic acids is 1. The highest BCUT2D eigenvalue weighted by Crippen LogP contribution is 2.27. The van der Waals surface area contributed by atoms with Gasteiger partial charge in [-0.15, -0.1) is 11.3 Å². The third kappa shape index (κ3) is 3.18. The van der Waals surface area contributed by atoms with Gasteiger partial charge in [-0.1, -0.05) is 0 Å². The molecule has 0 spiro atoms. The van der Waals surface area contributed by atoms with Gasteiger partial charge in [0.1, 0.15) is 6.04 Å². The van der Waals surface area contributed by atoms with Crippen LogP contribution in [0.15, 0.2) is 12.1 Å². The molecule has 5 nitrogen and oxygen atoms in total. The molecule has 0 aromatic carbocycles. The Balaban J connectivity index is 1.97. The lowest BCUT2D eigenvalue weighted by Gasteiger charge is -2.27. The lowest BCUT2D eigenvalue weighted by atomic mass is 10.2. The van der Waals surface area contributed by atoms with E-state index in [0.29, 0.717) is 6.42 Å². The van der Waals surface area contributed by atoms with E-state index in [-0.39, 0.29) is 0 Å². The smallest absolute Gasteiger partial charge is 0.320 e. The van der Waals surface area contributed by atoms with Crippen molar-refractivity contribution in [3.05, 3.63) is 17.0 Å². The monoisotopic (exact) mass is 255 g/mol. The van der Waals surface area contributed by atoms with Crippen molar-refractivity contribution in [2.45, 2.75) is 12.5 Å². The number of piperazine rings is 1. The molecule has 1 aromatic rings. The average Bonchev–Trinajstić information content (AvgIpc) is 2.78. The Bertz CT molecular complexity index is 388. The quantitative estimate of drug-likeness (QED) is 0.712. The van der Waals surface area contributed by atoms with E-state index >= 15 is 0 Å². The summed E-state index contributed by atoms with van der Waals surface area (Å²) in [6, 6.07) is 3.23. The molecular weight excluding hydrogens is 238 g/mol. The predicted molar refractivity (Wildman–Crippen MR) is 68.7 cm³/mol. The standard InChI is InChI=1S/C11H17N3O2S/c12-9(11(15)16)7-8-1-2-10(17-8)14-5-3-13-4-6-14/h1-2,9,13H,3-7,12H2,(H,15,16). The Morgan fingerprint density at radius 1 is 1.53 bits per heavy atom. The Morgan fingerprint density at radius 2 is 2.24 bits per heavy atom. The van der Waals surface area contributed by atoms with Gasteiger partial charge in [-0.25, -0.2) is 0 Å². The Labute approximate surface area is 104 Å². The number of nitrogens with one attached hydrogen (secondary N) is 1. The first kappa shape index (κ1) is 12.3. The summed E-state index contributed by atoms with van der Waals surface area (Å²) in [6.07, 6.45) is 0.409. The maximum atomic E-state index is 10.7. The molecule has 6 heteroatoms. The number of aliphatic carboxylic acids is 1. The number of nitrogens with two attached hydrogens (primary N) is 1. The Hall–Kier alpha value is -1.11. The van der Waals surface area contributed by atoms with Crippen molar-refractivity contribution in [2.75, 3.05) is 31.1 Å². The van der Waals surface area contributed by atoms with Gasteiger partial charge in [-0.3, -0.25) is 4.79 Å². The van der Waals surface area contributed by atoms with E-state index in [1.807, 2.05) is 6.07 Å². The van der Waals surface area contributed by atoms with Gasteiger partial charge in [-0.05, 0) is 12.1 Å². The van der Waals surface area contributed by atoms with Crippen LogP contribution in [0.3, 0.4) is 0 Å². The Morgan fingerprint density at radius 3 is 2.88 bits per heavy atom. The maximum absolute atomic E-state index is 10.7. The van der Waals surface area contributed by atoms with Crippen LogP contribution >= 0.6 is 11.3 Å². The van der Waals surface area contributed by atoms with Crippen LogP contribution in [0.25, 0.3) is 0 Å². The molecule has 0 amide bonds. The van der Waals surface area contributed by atoms with Crippen molar-refractivity contribution < 1.29 is 9.90 Å². The molecule has 1 fully saturated rings. The van der Waals surface area contributed by atoms with E-state index in [1.165, 1.54) is 5.00 Å². The summed E-state index contributed by atoms with van der Waals surface area (Å²) in [5, 5.41) is 13.3. The molecule has 2 rings (SSSR count). The fourth-order valence-corrected chi connectivity index (χ4v) is 2.95. The number of anilines is 1. The highest BCUT2D eigenvalue weighted by atomic mass is 32.1. The first-order valence-electron chi connectivity index (χ1n) is 5.69. The molecular formula is C11H17N3O2S. The highest BCUT2D eigenvalue weighted by molar-refractivity contribution is 7.16. The van der Waals surface area contributed by atoms with Crippen LogP contribution in [-0.4, -0.2) is 43.3 Å². The van der Waals surface area contributed by atoms with E-state index in [4.69, 9.17) is 10.8 Å². The van der Waals surface area contributed by atoms with Crippen LogP contribution < -0.4 is 16.0 Å². The molecule has 1 aromatic heterocycles. The summed E-state index contributed by atoms with van der Waals surface area (Å²) in [5.41, 5.74) is 5.52. The molecule has 0 aliphatic carbocycles. The van der Waals surface area contributed by atoms with Crippen molar-refractivity contribution in [2.24, 2.45) is 5.73 Å². The zero-order valence-electron chi connectivity index (χ0n) is 9.56. The lowest BCUT2D eigenvalue weighted by Crippen LogP contribution is -2.43. The minimum absolute atomic E-state index is 0.409. The second-order valence-corrected chi connectivity index (χ2v) is 5.27. The predicted octanol–water partition coefficient (Wildman–Crippen LogP) is 0.112. The molecule has 0 radical (unpaired) electrons. The molecule has 1 saturated heterocycles. The van der Waals surface area contributed by atoms with E-state index in [9.17, 15) is 4.79 Å². The number of carbonyl (C=O) groups is 1. The number of thiophene rings is 1. The van der Waals surface area contributed by atoms with Crippen LogP contribution in [-0.2, 0) is 11.2 Å². The van der Waals surface area contributed by atoms with E-state index < -0.39 is 12.0 Å². The minimum Gasteiger partial charge on any atom is -0.480 e. The molecule has 1 atom stereocenters. The van der Waals surface area contributed by atoms with Gasteiger partial charge in [0, 0.05) is 37.5 Å². The van der Waals surface area contributed by atoms with Crippen LogP contribution in [0.1, 0.15) is 4.88 Å². The zero-order chi connectivity index (χ0) is 12.3. The van der Waals surface area contributed by atoms with Gasteiger partial charge in [0.2, 0.25) is 0 Å². The summed E-state index contributed by atoms with van der Waals surface area (Å²) < 4.78 is 0. The van der Waals surface area contributed by atoms with Gasteiger partial charge < -0.3 is 21.1 Å². The normalized spacial score (nSPS) is 18.1. The second kappa shape index (κ2) is 5.48. The summed E-state index contributed by atoms with van der Waals surface area (Å²) in [4.78, 5) is 14.0. The number of rotatable bonds is 4. The minimum atomic E-state index is -0.942. The highest BCUT2D eigenvalue weighted by Gasteiger charge is 2.16. The van der Waals surface area contributed by atoms with Crippen molar-refractivity contribution in [3.63, 3.8) is 0 Å². The van der Waals surface area contributed by atoms with Gasteiger partial charge in [0.15, 0.2) is 0 Å². The van der Waals surface area contributed by atoms with E-state index in [1.54, 1.807) is 11.3 Å². The maximum Gasteiger partial charge on any atom is 0.320 e. The zero-order valence-corrected chi connectivity index (χ0v) is 10.4. The summed E-state index contributed by atoms with van der Waals surface area (Å²) in [7, 11) is 0. The lowest BCUT2D eigenvalue weighted by molar-refractivity contribution is -0.138. The number of hydrogen-bond donors (Lipinski definition) is 3. The van der Waals surface area contributed by atoms with E-state index in [2.05, 4.69) is 16.3 Å². The van der Waals surface area contributed by atoms with Crippen LogP contribution in [0, 0.1) is 0 Å². The van der Waals surface area contributed by atoms with Crippen molar-refractivity contribution >= 4 is 22.3 Å².